The quantitative estimate of drug-likeness (QED) is 0.765. The summed E-state index contributed by atoms with van der Waals surface area (Å²) in [5, 5.41) is 9.78. The van der Waals surface area contributed by atoms with Crippen molar-refractivity contribution in [3.05, 3.63) is 46.2 Å². The molecule has 2 aromatic rings. The fourth-order valence-electron chi connectivity index (χ4n) is 4.15. The molecule has 0 fully saturated rings. The van der Waals surface area contributed by atoms with Crippen LogP contribution in [0, 0.1) is 11.3 Å². The van der Waals surface area contributed by atoms with Gasteiger partial charge in [0, 0.05) is 5.56 Å². The highest BCUT2D eigenvalue weighted by Crippen LogP contribution is 2.41. The summed E-state index contributed by atoms with van der Waals surface area (Å²) in [6.07, 6.45) is 11.2. The maximum atomic E-state index is 9.78. The van der Waals surface area contributed by atoms with E-state index >= 15 is 0 Å². The first-order valence-corrected chi connectivity index (χ1v) is 8.03. The Hall–Kier alpha value is -2.01. The lowest BCUT2D eigenvalue weighted by molar-refractivity contribution is 0.577. The van der Waals surface area contributed by atoms with Crippen LogP contribution in [0.1, 0.15) is 53.5 Å². The fourth-order valence-corrected chi connectivity index (χ4v) is 4.15. The van der Waals surface area contributed by atoms with E-state index in [1.807, 2.05) is 12.1 Å². The second-order valence-corrected chi connectivity index (χ2v) is 6.17. The predicted octanol–water partition coefficient (Wildman–Crippen LogP) is 4.58. The molecule has 1 heterocycles. The molecule has 0 radical (unpaired) electrons. The molecule has 2 nitrogen and oxygen atoms in total. The molecule has 2 heteroatoms. The van der Waals surface area contributed by atoms with E-state index in [2.05, 4.69) is 6.07 Å². The van der Waals surface area contributed by atoms with E-state index in [1.165, 1.54) is 48.8 Å². The van der Waals surface area contributed by atoms with Crippen LogP contribution in [-0.2, 0) is 25.7 Å². The van der Waals surface area contributed by atoms with Gasteiger partial charge in [0.05, 0.1) is 11.8 Å². The average Bonchev–Trinajstić information content (AvgIpc) is 3.07. The summed E-state index contributed by atoms with van der Waals surface area (Å²) >= 11 is 0. The number of benzene rings is 1. The number of rotatable bonds is 1. The highest BCUT2D eigenvalue weighted by atomic mass is 16.3. The Morgan fingerprint density at radius 1 is 0.857 bits per heavy atom. The molecule has 2 aliphatic rings. The summed E-state index contributed by atoms with van der Waals surface area (Å²) in [7, 11) is 0. The van der Waals surface area contributed by atoms with Crippen molar-refractivity contribution in [1.82, 2.24) is 0 Å². The third-order valence-electron chi connectivity index (χ3n) is 5.03. The third-order valence-corrected chi connectivity index (χ3v) is 5.03. The molecule has 4 rings (SSSR count). The maximum absolute atomic E-state index is 9.78. The van der Waals surface area contributed by atoms with E-state index in [4.69, 9.17) is 4.42 Å². The molecule has 0 saturated heterocycles. The normalized spacial score (nSPS) is 16.9. The molecule has 106 valence electrons. The summed E-state index contributed by atoms with van der Waals surface area (Å²) in [5.41, 5.74) is 7.74. The van der Waals surface area contributed by atoms with Crippen LogP contribution in [0.5, 0.6) is 0 Å². The predicted molar refractivity (Wildman–Crippen MR) is 82.1 cm³/mol. The molecular formula is C19H19NO. The molecule has 0 unspecified atom stereocenters. The maximum Gasteiger partial charge on any atom is 0.135 e. The minimum atomic E-state index is 0.873. The molecule has 1 aromatic carbocycles. The van der Waals surface area contributed by atoms with Gasteiger partial charge in [-0.25, -0.2) is 0 Å². The average molecular weight is 277 g/mol. The fraction of sp³-hybridized carbons (Fsp3) is 0.421. The molecule has 0 amide bonds. The van der Waals surface area contributed by atoms with Crippen molar-refractivity contribution in [3.8, 4) is 17.4 Å². The summed E-state index contributed by atoms with van der Waals surface area (Å²) in [6.45, 7) is 0. The lowest BCUT2D eigenvalue weighted by Crippen LogP contribution is -2.16. The van der Waals surface area contributed by atoms with Gasteiger partial charge in [-0.15, -0.1) is 0 Å². The Balaban J connectivity index is 2.07. The lowest BCUT2D eigenvalue weighted by atomic mass is 9.75. The molecule has 0 atom stereocenters. The molecule has 2 aliphatic carbocycles. The number of hydrogen-bond acceptors (Lipinski definition) is 2. The number of nitriles is 1. The van der Waals surface area contributed by atoms with Crippen LogP contribution in [0.15, 0.2) is 22.8 Å². The Labute approximate surface area is 125 Å². The lowest BCUT2D eigenvalue weighted by Gasteiger charge is -2.28. The number of fused-ring (bicyclic) bond motifs is 3. The van der Waals surface area contributed by atoms with Crippen molar-refractivity contribution in [3.63, 3.8) is 0 Å². The summed E-state index contributed by atoms with van der Waals surface area (Å²) in [4.78, 5) is 0. The van der Waals surface area contributed by atoms with Gasteiger partial charge in [-0.3, -0.25) is 0 Å². The van der Waals surface area contributed by atoms with Gasteiger partial charge in [0.1, 0.15) is 11.8 Å². The highest BCUT2D eigenvalue weighted by molar-refractivity contribution is 5.76. The Kier molecular flexibility index (Phi) is 3.07. The van der Waals surface area contributed by atoms with Crippen molar-refractivity contribution in [1.29, 1.82) is 5.26 Å². The number of furan rings is 1. The molecule has 1 aromatic heterocycles. The van der Waals surface area contributed by atoms with Crippen molar-refractivity contribution in [2.45, 2.75) is 51.4 Å². The van der Waals surface area contributed by atoms with Crippen molar-refractivity contribution in [2.24, 2.45) is 0 Å². The van der Waals surface area contributed by atoms with E-state index in [-0.39, 0.29) is 0 Å². The summed E-state index contributed by atoms with van der Waals surface area (Å²) < 4.78 is 5.67. The largest absolute Gasteiger partial charge is 0.464 e. The van der Waals surface area contributed by atoms with Crippen molar-refractivity contribution >= 4 is 0 Å². The summed E-state index contributed by atoms with van der Waals surface area (Å²) in [6, 6.07) is 6.42. The van der Waals surface area contributed by atoms with Crippen molar-refractivity contribution in [2.75, 3.05) is 0 Å². The Morgan fingerprint density at radius 2 is 1.48 bits per heavy atom. The minimum Gasteiger partial charge on any atom is -0.464 e. The second-order valence-electron chi connectivity index (χ2n) is 6.17. The SMILES string of the molecule is N#Cc1c2c(c3c(c1-c1ccco1)CCCC3)CCCC2. The minimum absolute atomic E-state index is 0.873. The third kappa shape index (κ3) is 1.92. The van der Waals surface area contributed by atoms with Gasteiger partial charge in [0.2, 0.25) is 0 Å². The van der Waals surface area contributed by atoms with Gasteiger partial charge in [0.25, 0.3) is 0 Å². The topological polar surface area (TPSA) is 36.9 Å². The van der Waals surface area contributed by atoms with Crippen LogP contribution in [0.4, 0.5) is 0 Å². The van der Waals surface area contributed by atoms with E-state index in [1.54, 1.807) is 11.8 Å². The van der Waals surface area contributed by atoms with Crippen LogP contribution >= 0.6 is 0 Å². The molecule has 0 bridgehead atoms. The van der Waals surface area contributed by atoms with Gasteiger partial charge in [0.15, 0.2) is 0 Å². The van der Waals surface area contributed by atoms with Crippen LogP contribution in [0.3, 0.4) is 0 Å². The van der Waals surface area contributed by atoms with Gasteiger partial charge >= 0.3 is 0 Å². The van der Waals surface area contributed by atoms with Crippen LogP contribution < -0.4 is 0 Å². The summed E-state index contributed by atoms with van der Waals surface area (Å²) in [5.74, 6) is 0.873. The van der Waals surface area contributed by atoms with Crippen LogP contribution in [-0.4, -0.2) is 0 Å². The van der Waals surface area contributed by atoms with Crippen LogP contribution in [0.2, 0.25) is 0 Å². The first-order chi connectivity index (χ1) is 10.4. The molecule has 0 saturated carbocycles. The van der Waals surface area contributed by atoms with Gasteiger partial charge in [-0.1, -0.05) is 0 Å². The molecule has 0 N–H and O–H groups in total. The first kappa shape index (κ1) is 12.7. The highest BCUT2D eigenvalue weighted by Gasteiger charge is 2.28. The van der Waals surface area contributed by atoms with E-state index < -0.39 is 0 Å². The number of nitrogens with zero attached hydrogens (tertiary/aromatic N) is 1. The van der Waals surface area contributed by atoms with Crippen molar-refractivity contribution < 1.29 is 4.42 Å². The zero-order chi connectivity index (χ0) is 14.2. The molecule has 0 aliphatic heterocycles. The van der Waals surface area contributed by atoms with Gasteiger partial charge in [-0.2, -0.15) is 5.26 Å². The Morgan fingerprint density at radius 3 is 2.10 bits per heavy atom. The van der Waals surface area contributed by atoms with Gasteiger partial charge < -0.3 is 4.42 Å². The monoisotopic (exact) mass is 277 g/mol. The number of hydrogen-bond donors (Lipinski definition) is 0. The zero-order valence-corrected chi connectivity index (χ0v) is 12.2. The van der Waals surface area contributed by atoms with E-state index in [0.29, 0.717) is 0 Å². The smallest absolute Gasteiger partial charge is 0.135 e. The van der Waals surface area contributed by atoms with Crippen LogP contribution in [0.25, 0.3) is 11.3 Å². The van der Waals surface area contributed by atoms with Gasteiger partial charge in [-0.05, 0) is 85.8 Å². The zero-order valence-electron chi connectivity index (χ0n) is 12.2. The molecular weight excluding hydrogens is 258 g/mol. The molecule has 0 spiro atoms. The Bertz CT molecular complexity index is 719. The standard InChI is InChI=1S/C19H19NO/c20-12-17-15-8-2-1-6-13(15)14-7-3-4-9-16(14)19(17)18-10-5-11-21-18/h5,10-11H,1-4,6-9H2. The van der Waals surface area contributed by atoms with E-state index in [9.17, 15) is 5.26 Å². The van der Waals surface area contributed by atoms with E-state index in [0.717, 1.165) is 36.1 Å². The first-order valence-electron chi connectivity index (χ1n) is 8.03. The second kappa shape index (κ2) is 5.07. The molecule has 21 heavy (non-hydrogen) atoms.